The Morgan fingerprint density at radius 3 is 2.65 bits per heavy atom. The van der Waals surface area contributed by atoms with Crippen molar-refractivity contribution in [2.75, 3.05) is 32.8 Å². The summed E-state index contributed by atoms with van der Waals surface area (Å²) in [5, 5.41) is 3.35. The van der Waals surface area contributed by atoms with Gasteiger partial charge in [-0.2, -0.15) is 0 Å². The van der Waals surface area contributed by atoms with Gasteiger partial charge in [-0.25, -0.2) is 0 Å². The molecular weight excluding hydrogens is 388 g/mol. The first kappa shape index (κ1) is 22.4. The molecule has 5 heteroatoms. The lowest BCUT2D eigenvalue weighted by atomic mass is 9.98. The summed E-state index contributed by atoms with van der Waals surface area (Å²) in [4.78, 5) is 15.2. The van der Waals surface area contributed by atoms with Crippen LogP contribution in [-0.4, -0.2) is 49.7 Å². The number of nitrogens with zero attached hydrogens (tertiary/aromatic N) is 1. The fourth-order valence-corrected chi connectivity index (χ4v) is 5.07. The minimum absolute atomic E-state index is 0.142. The predicted octanol–water partition coefficient (Wildman–Crippen LogP) is 4.58. The van der Waals surface area contributed by atoms with Crippen LogP contribution in [0.5, 0.6) is 11.5 Å². The van der Waals surface area contributed by atoms with Gasteiger partial charge in [-0.05, 0) is 81.1 Å². The van der Waals surface area contributed by atoms with Gasteiger partial charge in [0.1, 0.15) is 13.2 Å². The molecule has 31 heavy (non-hydrogen) atoms. The second-order valence-corrected chi connectivity index (χ2v) is 9.87. The molecule has 2 heterocycles. The van der Waals surface area contributed by atoms with Crippen molar-refractivity contribution in [1.82, 2.24) is 10.2 Å². The van der Waals surface area contributed by atoms with E-state index >= 15 is 0 Å². The number of likely N-dealkylation sites (tertiary alicyclic amines) is 1. The lowest BCUT2D eigenvalue weighted by Gasteiger charge is -2.25. The number of ether oxygens (including phenoxy) is 2. The monoisotopic (exact) mass is 428 g/mol. The number of hydrogen-bond donors (Lipinski definition) is 1. The molecule has 1 N–H and O–H groups in total. The molecule has 5 nitrogen and oxygen atoms in total. The van der Waals surface area contributed by atoms with E-state index in [4.69, 9.17) is 9.47 Å². The smallest absolute Gasteiger partial charge is 0.220 e. The van der Waals surface area contributed by atoms with E-state index < -0.39 is 0 Å². The molecule has 0 bridgehead atoms. The third kappa shape index (κ3) is 7.13. The highest BCUT2D eigenvalue weighted by Gasteiger charge is 2.27. The Morgan fingerprint density at radius 2 is 1.87 bits per heavy atom. The molecule has 172 valence electrons. The number of nitrogens with one attached hydrogen (secondary N) is 1. The second kappa shape index (κ2) is 11.2. The fourth-order valence-electron chi connectivity index (χ4n) is 5.07. The van der Waals surface area contributed by atoms with Crippen molar-refractivity contribution in [2.24, 2.45) is 11.8 Å². The zero-order chi connectivity index (χ0) is 21.5. The van der Waals surface area contributed by atoms with Crippen molar-refractivity contribution < 1.29 is 14.3 Å². The lowest BCUT2D eigenvalue weighted by molar-refractivity contribution is -0.122. The highest BCUT2D eigenvalue weighted by molar-refractivity contribution is 5.76. The Hall–Kier alpha value is -1.75. The van der Waals surface area contributed by atoms with E-state index in [1.807, 2.05) is 6.07 Å². The predicted molar refractivity (Wildman–Crippen MR) is 124 cm³/mol. The van der Waals surface area contributed by atoms with Crippen molar-refractivity contribution in [1.29, 1.82) is 0 Å². The first-order valence-corrected chi connectivity index (χ1v) is 12.6. The maximum Gasteiger partial charge on any atom is 0.220 e. The lowest BCUT2D eigenvalue weighted by Crippen LogP contribution is -2.44. The van der Waals surface area contributed by atoms with Gasteiger partial charge in [-0.1, -0.05) is 32.3 Å². The summed E-state index contributed by atoms with van der Waals surface area (Å²) in [5.74, 6) is 3.73. The molecule has 1 aromatic rings. The summed E-state index contributed by atoms with van der Waals surface area (Å²) in [6.45, 7) is 6.83. The molecule has 4 rings (SSSR count). The quantitative estimate of drug-likeness (QED) is 0.495. The van der Waals surface area contributed by atoms with Crippen LogP contribution < -0.4 is 14.8 Å². The fraction of sp³-hybridized carbons (Fsp3) is 0.731. The van der Waals surface area contributed by atoms with Gasteiger partial charge >= 0.3 is 0 Å². The summed E-state index contributed by atoms with van der Waals surface area (Å²) in [7, 11) is 0. The van der Waals surface area contributed by atoms with Gasteiger partial charge in [0.05, 0.1) is 0 Å². The topological polar surface area (TPSA) is 50.8 Å². The van der Waals surface area contributed by atoms with E-state index in [1.54, 1.807) is 0 Å². The largest absolute Gasteiger partial charge is 0.486 e. The van der Waals surface area contributed by atoms with Gasteiger partial charge in [0.25, 0.3) is 0 Å². The van der Waals surface area contributed by atoms with Crippen molar-refractivity contribution in [2.45, 2.75) is 77.2 Å². The van der Waals surface area contributed by atoms with Crippen molar-refractivity contribution in [3.8, 4) is 11.5 Å². The highest BCUT2D eigenvalue weighted by atomic mass is 16.6. The van der Waals surface area contributed by atoms with Gasteiger partial charge in [-0.3, -0.25) is 4.79 Å². The van der Waals surface area contributed by atoms with Crippen molar-refractivity contribution >= 4 is 5.91 Å². The second-order valence-electron chi connectivity index (χ2n) is 9.87. The minimum atomic E-state index is 0.142. The molecule has 1 aromatic carbocycles. The molecule has 0 aromatic heterocycles. The van der Waals surface area contributed by atoms with Crippen LogP contribution in [0.15, 0.2) is 18.2 Å². The third-order valence-corrected chi connectivity index (χ3v) is 7.12. The minimum Gasteiger partial charge on any atom is -0.486 e. The summed E-state index contributed by atoms with van der Waals surface area (Å²) in [6.07, 6.45) is 11.7. The number of fused-ring (bicyclic) bond motifs is 1. The van der Waals surface area contributed by atoms with Gasteiger partial charge < -0.3 is 19.7 Å². The van der Waals surface area contributed by atoms with Crippen LogP contribution in [0.4, 0.5) is 0 Å². The Morgan fingerprint density at radius 1 is 1.10 bits per heavy atom. The Bertz CT molecular complexity index is 713. The number of hydrogen-bond acceptors (Lipinski definition) is 4. The third-order valence-electron chi connectivity index (χ3n) is 7.12. The standard InChI is InChI=1S/C26H40N2O3/c1-20(22-10-11-22)7-3-2-4-8-26(29)27-23(19-28-13-5-6-14-28)17-21-9-12-24-25(18-21)31-16-15-30-24/h9,12,18,20,22-23H,2-8,10-11,13-17,19H2,1H3,(H,27,29)/t20?,23-/m0/s1. The number of rotatable bonds is 12. The molecule has 1 aliphatic carbocycles. The van der Waals surface area contributed by atoms with E-state index in [0.717, 1.165) is 55.8 Å². The maximum atomic E-state index is 12.7. The van der Waals surface area contributed by atoms with E-state index in [-0.39, 0.29) is 11.9 Å². The first-order chi connectivity index (χ1) is 15.2. The molecule has 2 aliphatic heterocycles. The van der Waals surface area contributed by atoms with Crippen molar-refractivity contribution in [3.05, 3.63) is 23.8 Å². The number of benzene rings is 1. The zero-order valence-electron chi connectivity index (χ0n) is 19.2. The SMILES string of the molecule is CC(CCCCCC(=O)N[C@@H](Cc1ccc2c(c1)OCCO2)CN1CCCC1)C1CC1. The summed E-state index contributed by atoms with van der Waals surface area (Å²) < 4.78 is 11.4. The van der Waals surface area contributed by atoms with Gasteiger partial charge in [-0.15, -0.1) is 0 Å². The molecule has 0 radical (unpaired) electrons. The summed E-state index contributed by atoms with van der Waals surface area (Å²) >= 11 is 0. The molecule has 2 atom stereocenters. The van der Waals surface area contributed by atoms with E-state index in [9.17, 15) is 4.79 Å². The molecule has 1 saturated carbocycles. The Labute approximate surface area is 187 Å². The number of carbonyl (C=O) groups excluding carboxylic acids is 1. The van der Waals surface area contributed by atoms with Crippen LogP contribution >= 0.6 is 0 Å². The van der Waals surface area contributed by atoms with Gasteiger partial charge in [0.15, 0.2) is 11.5 Å². The van der Waals surface area contributed by atoms with Crippen LogP contribution in [0.3, 0.4) is 0 Å². The van der Waals surface area contributed by atoms with Crippen LogP contribution in [0.2, 0.25) is 0 Å². The normalized spacial score (nSPS) is 20.4. The van der Waals surface area contributed by atoms with Gasteiger partial charge in [0.2, 0.25) is 5.91 Å². The van der Waals surface area contributed by atoms with Crippen LogP contribution in [0.25, 0.3) is 0 Å². The average Bonchev–Trinajstić information content (AvgIpc) is 3.50. The molecule has 1 saturated heterocycles. The summed E-state index contributed by atoms with van der Waals surface area (Å²) in [5.41, 5.74) is 1.20. The summed E-state index contributed by atoms with van der Waals surface area (Å²) in [6, 6.07) is 6.33. The van der Waals surface area contributed by atoms with E-state index in [1.165, 1.54) is 50.5 Å². The molecule has 0 spiro atoms. The number of carbonyl (C=O) groups is 1. The highest BCUT2D eigenvalue weighted by Crippen LogP contribution is 2.38. The Kier molecular flexibility index (Phi) is 8.12. The Balaban J connectivity index is 1.24. The molecule has 1 unspecified atom stereocenters. The number of amides is 1. The molecule has 3 aliphatic rings. The maximum absolute atomic E-state index is 12.7. The molecule has 2 fully saturated rings. The first-order valence-electron chi connectivity index (χ1n) is 12.6. The number of unbranched alkanes of at least 4 members (excludes halogenated alkanes) is 2. The molecule has 1 amide bonds. The van der Waals surface area contributed by atoms with E-state index in [2.05, 4.69) is 29.3 Å². The van der Waals surface area contributed by atoms with Crippen molar-refractivity contribution in [3.63, 3.8) is 0 Å². The zero-order valence-corrected chi connectivity index (χ0v) is 19.2. The average molecular weight is 429 g/mol. The molecular formula is C26H40N2O3. The van der Waals surface area contributed by atoms with E-state index in [0.29, 0.717) is 19.6 Å². The van der Waals surface area contributed by atoms with Crippen LogP contribution in [0.1, 0.15) is 70.3 Å². The van der Waals surface area contributed by atoms with Gasteiger partial charge in [0, 0.05) is 19.0 Å². The van der Waals surface area contributed by atoms with Crippen LogP contribution in [-0.2, 0) is 11.2 Å². The van der Waals surface area contributed by atoms with Crippen LogP contribution in [0, 0.1) is 11.8 Å².